The topological polar surface area (TPSA) is 27.7 Å². The third-order valence-electron chi connectivity index (χ3n) is 3.43. The third kappa shape index (κ3) is 24.0. The van der Waals surface area contributed by atoms with Gasteiger partial charge in [-0.25, -0.2) is 16.4 Å². The standard InChI is InChI=1S/C16H36O3Si.F4Si.FH/c1-5-9-10-11-12-13-14-15-16-20(17-6-2,18-7-3)19-8-4;1-5(2,3)4;/h5-16H2,1-4H3;;1H. The molecule has 162 valence electrons. The highest BCUT2D eigenvalue weighted by Crippen LogP contribution is 2.20. The van der Waals surface area contributed by atoms with E-state index in [0.717, 1.165) is 6.04 Å². The van der Waals surface area contributed by atoms with Crippen molar-refractivity contribution in [2.45, 2.75) is 85.1 Å². The van der Waals surface area contributed by atoms with Gasteiger partial charge < -0.3 is 13.3 Å². The first-order valence-corrected chi connectivity index (χ1v) is 12.9. The predicted octanol–water partition coefficient (Wildman–Crippen LogP) is 6.63. The molecule has 10 heteroatoms. The van der Waals surface area contributed by atoms with Crippen molar-refractivity contribution in [1.29, 1.82) is 0 Å². The highest BCUT2D eigenvalue weighted by Gasteiger charge is 2.39. The molecule has 0 aromatic heterocycles. The molecular weight excluding hydrogens is 391 g/mol. The van der Waals surface area contributed by atoms with Crippen LogP contribution in [-0.4, -0.2) is 38.0 Å². The normalized spacial score (nSPS) is 11.5. The van der Waals surface area contributed by atoms with Crippen LogP contribution < -0.4 is 0 Å². The lowest BCUT2D eigenvalue weighted by molar-refractivity contribution is 0.0706. The second-order valence-corrected chi connectivity index (χ2v) is 9.22. The summed E-state index contributed by atoms with van der Waals surface area (Å²) < 4.78 is 56.9. The first kappa shape index (κ1) is 30.7. The number of halogens is 5. The van der Waals surface area contributed by atoms with E-state index in [1.54, 1.807) is 0 Å². The van der Waals surface area contributed by atoms with Crippen molar-refractivity contribution < 1.29 is 34.4 Å². The van der Waals surface area contributed by atoms with E-state index in [1.165, 1.54) is 51.4 Å². The summed E-state index contributed by atoms with van der Waals surface area (Å²) in [6, 6.07) is 0.970. The largest absolute Gasteiger partial charge is 0.844 e. The van der Waals surface area contributed by atoms with E-state index < -0.39 is 18.2 Å². The van der Waals surface area contributed by atoms with Gasteiger partial charge in [0.2, 0.25) is 0 Å². The summed E-state index contributed by atoms with van der Waals surface area (Å²) in [5, 5.41) is 0. The molecule has 0 aromatic carbocycles. The lowest BCUT2D eigenvalue weighted by atomic mass is 10.1. The Labute approximate surface area is 158 Å². The summed E-state index contributed by atoms with van der Waals surface area (Å²) in [6.07, 6.45) is 10.6. The van der Waals surface area contributed by atoms with Crippen LogP contribution in [0.15, 0.2) is 0 Å². The van der Waals surface area contributed by atoms with Gasteiger partial charge in [0.1, 0.15) is 0 Å². The smallest absolute Gasteiger partial charge is 0.374 e. The van der Waals surface area contributed by atoms with E-state index in [-0.39, 0.29) is 4.70 Å². The zero-order chi connectivity index (χ0) is 19.6. The van der Waals surface area contributed by atoms with Gasteiger partial charge in [0, 0.05) is 25.9 Å². The first-order chi connectivity index (χ1) is 11.7. The summed E-state index contributed by atoms with van der Waals surface area (Å²) in [6.45, 7) is 10.4. The summed E-state index contributed by atoms with van der Waals surface area (Å²) in [7, 11) is -8.99. The highest BCUT2D eigenvalue weighted by molar-refractivity contribution is 6.60. The molecule has 0 amide bonds. The highest BCUT2D eigenvalue weighted by atomic mass is 28.5. The van der Waals surface area contributed by atoms with E-state index in [2.05, 4.69) is 6.92 Å². The first-order valence-electron chi connectivity index (χ1n) is 9.42. The predicted molar refractivity (Wildman–Crippen MR) is 101 cm³/mol. The van der Waals surface area contributed by atoms with E-state index in [9.17, 15) is 16.4 Å². The molecule has 0 fully saturated rings. The van der Waals surface area contributed by atoms with Crippen molar-refractivity contribution in [2.24, 2.45) is 0 Å². The van der Waals surface area contributed by atoms with Gasteiger partial charge in [-0.1, -0.05) is 51.9 Å². The van der Waals surface area contributed by atoms with Gasteiger partial charge in [-0.05, 0) is 27.2 Å². The Morgan fingerprint density at radius 1 is 0.577 bits per heavy atom. The molecule has 0 radical (unpaired) electrons. The van der Waals surface area contributed by atoms with Crippen LogP contribution in [0.4, 0.5) is 21.1 Å². The number of rotatable bonds is 15. The van der Waals surface area contributed by atoms with Crippen LogP contribution in [0.5, 0.6) is 0 Å². The van der Waals surface area contributed by atoms with Gasteiger partial charge in [0.15, 0.2) is 0 Å². The molecule has 0 spiro atoms. The summed E-state index contributed by atoms with van der Waals surface area (Å²) >= 11 is 0. The molecule has 0 saturated carbocycles. The third-order valence-corrected chi connectivity index (χ3v) is 6.58. The molecule has 3 nitrogen and oxygen atoms in total. The van der Waals surface area contributed by atoms with Crippen LogP contribution in [0.2, 0.25) is 6.04 Å². The van der Waals surface area contributed by atoms with Crippen LogP contribution in [0.1, 0.15) is 79.1 Å². The molecule has 0 heterocycles. The monoisotopic (exact) mass is 428 g/mol. The van der Waals surface area contributed by atoms with Crippen molar-refractivity contribution in [3.63, 3.8) is 0 Å². The fourth-order valence-electron chi connectivity index (χ4n) is 2.48. The minimum absolute atomic E-state index is 0. The van der Waals surface area contributed by atoms with Crippen molar-refractivity contribution >= 4 is 18.2 Å². The molecule has 0 aromatic rings. The average molecular weight is 429 g/mol. The van der Waals surface area contributed by atoms with Crippen LogP contribution in [0, 0.1) is 0 Å². The molecule has 0 bridgehead atoms. The molecular formula is C16H37F5O3Si2. The maximum absolute atomic E-state index is 9.83. The molecule has 0 rings (SSSR count). The summed E-state index contributed by atoms with van der Waals surface area (Å²) in [5.74, 6) is 0. The van der Waals surface area contributed by atoms with Gasteiger partial charge in [-0.15, -0.1) is 0 Å². The van der Waals surface area contributed by atoms with Crippen LogP contribution >= 0.6 is 0 Å². The molecule has 0 unspecified atom stereocenters. The quantitative estimate of drug-likeness (QED) is 0.127. The molecule has 0 aliphatic rings. The van der Waals surface area contributed by atoms with Crippen LogP contribution in [0.25, 0.3) is 0 Å². The number of hydrogen-bond acceptors (Lipinski definition) is 3. The van der Waals surface area contributed by atoms with Gasteiger partial charge in [0.05, 0.1) is 0 Å². The Morgan fingerprint density at radius 2 is 0.885 bits per heavy atom. The molecule has 0 aliphatic heterocycles. The van der Waals surface area contributed by atoms with Gasteiger partial charge in [-0.2, -0.15) is 0 Å². The number of hydrogen-bond donors (Lipinski definition) is 0. The minimum Gasteiger partial charge on any atom is -0.374 e. The van der Waals surface area contributed by atoms with Crippen molar-refractivity contribution in [1.82, 2.24) is 0 Å². The van der Waals surface area contributed by atoms with Crippen LogP contribution in [0.3, 0.4) is 0 Å². The summed E-state index contributed by atoms with van der Waals surface area (Å²) in [4.78, 5) is 0. The van der Waals surface area contributed by atoms with Gasteiger partial charge >= 0.3 is 18.2 Å². The Morgan fingerprint density at radius 3 is 1.19 bits per heavy atom. The Balaban J connectivity index is -0.000000772. The Kier molecular flexibility index (Phi) is 23.3. The van der Waals surface area contributed by atoms with Crippen molar-refractivity contribution in [3.05, 3.63) is 0 Å². The zero-order valence-electron chi connectivity index (χ0n) is 16.6. The lowest BCUT2D eigenvalue weighted by Gasteiger charge is -2.28. The van der Waals surface area contributed by atoms with E-state index in [0.29, 0.717) is 19.8 Å². The molecule has 0 atom stereocenters. The van der Waals surface area contributed by atoms with E-state index in [4.69, 9.17) is 13.3 Å². The maximum Gasteiger partial charge on any atom is 0.844 e. The van der Waals surface area contributed by atoms with E-state index >= 15 is 0 Å². The van der Waals surface area contributed by atoms with Crippen LogP contribution in [-0.2, 0) is 13.3 Å². The van der Waals surface area contributed by atoms with Crippen molar-refractivity contribution in [2.75, 3.05) is 19.8 Å². The summed E-state index contributed by atoms with van der Waals surface area (Å²) in [5.41, 5.74) is 0. The minimum atomic E-state index is -6.61. The SMILES string of the molecule is CCCCCCCCCC[Si](OCC)(OCC)OCC.F.F[Si](F)(F)F. The zero-order valence-corrected chi connectivity index (χ0v) is 18.6. The fraction of sp³-hybridized carbons (Fsp3) is 1.00. The fourth-order valence-corrected chi connectivity index (χ4v) is 5.16. The van der Waals surface area contributed by atoms with E-state index in [1.807, 2.05) is 20.8 Å². The van der Waals surface area contributed by atoms with Crippen molar-refractivity contribution in [3.8, 4) is 0 Å². The Hall–Kier alpha value is -0.0362. The van der Waals surface area contributed by atoms with Gasteiger partial charge in [-0.3, -0.25) is 4.70 Å². The molecule has 0 saturated heterocycles. The Bertz CT molecular complexity index is 262. The average Bonchev–Trinajstić information content (AvgIpc) is 2.49. The molecule has 0 N–H and O–H groups in total. The second kappa shape index (κ2) is 19.7. The lowest BCUT2D eigenvalue weighted by Crippen LogP contribution is -2.45. The van der Waals surface area contributed by atoms with Gasteiger partial charge in [0.25, 0.3) is 0 Å². The second-order valence-electron chi connectivity index (χ2n) is 5.64. The molecule has 26 heavy (non-hydrogen) atoms. The maximum atomic E-state index is 9.83. The molecule has 0 aliphatic carbocycles. The number of unbranched alkanes of at least 4 members (excludes halogenated alkanes) is 7.